The van der Waals surface area contributed by atoms with Gasteiger partial charge in [-0.1, -0.05) is 38.6 Å². The fraction of sp³-hybridized carbons (Fsp3) is 0.444. The van der Waals surface area contributed by atoms with Crippen LogP contribution in [0.25, 0.3) is 0 Å². The zero-order valence-electron chi connectivity index (χ0n) is 14.1. The molecule has 1 aromatic carbocycles. The Morgan fingerprint density at radius 2 is 1.92 bits per heavy atom. The van der Waals surface area contributed by atoms with Crippen LogP contribution in [-0.4, -0.2) is 40.8 Å². The molecule has 24 heavy (non-hydrogen) atoms. The predicted molar refractivity (Wildman–Crippen MR) is 91.3 cm³/mol. The molecule has 0 amide bonds. The molecule has 0 aliphatic carbocycles. The molecule has 6 nitrogen and oxygen atoms in total. The fourth-order valence-electron chi connectivity index (χ4n) is 2.33. The molecule has 0 heterocycles. The molecule has 3 N–H and O–H groups in total. The number of hydrogen-bond acceptors (Lipinski definition) is 4. The Balaban J connectivity index is 2.83. The lowest BCUT2D eigenvalue weighted by Crippen LogP contribution is -2.48. The molecule has 0 aliphatic rings. The van der Waals surface area contributed by atoms with E-state index in [0.717, 1.165) is 5.56 Å². The van der Waals surface area contributed by atoms with Crippen LogP contribution in [0, 0.1) is 5.92 Å². The normalized spacial score (nSPS) is 13.3. The summed E-state index contributed by atoms with van der Waals surface area (Å²) < 4.78 is 5.43. The van der Waals surface area contributed by atoms with E-state index in [2.05, 4.69) is 11.9 Å². The first kappa shape index (κ1) is 19.7. The second-order valence-corrected chi connectivity index (χ2v) is 6.03. The first-order valence-corrected chi connectivity index (χ1v) is 7.87. The maximum absolute atomic E-state index is 11.5. The summed E-state index contributed by atoms with van der Waals surface area (Å²) in [6, 6.07) is 5.20. The lowest BCUT2D eigenvalue weighted by molar-refractivity contribution is -0.142. The van der Waals surface area contributed by atoms with E-state index in [0.29, 0.717) is 18.8 Å². The Hall–Kier alpha value is -2.34. The second kappa shape index (κ2) is 9.72. The third-order valence-electron chi connectivity index (χ3n) is 3.41. The minimum Gasteiger partial charge on any atom is -0.490 e. The van der Waals surface area contributed by atoms with Gasteiger partial charge in [-0.25, -0.2) is 0 Å². The molecule has 1 rings (SSSR count). The highest BCUT2D eigenvalue weighted by molar-refractivity contribution is 5.77. The van der Waals surface area contributed by atoms with Crippen LogP contribution in [0.1, 0.15) is 25.8 Å². The lowest BCUT2D eigenvalue weighted by Gasteiger charge is -2.22. The molecule has 0 saturated heterocycles. The van der Waals surface area contributed by atoms with E-state index in [9.17, 15) is 19.8 Å². The monoisotopic (exact) mass is 335 g/mol. The Morgan fingerprint density at radius 3 is 2.46 bits per heavy atom. The first-order chi connectivity index (χ1) is 11.3. The molecule has 0 spiro atoms. The highest BCUT2D eigenvalue weighted by Gasteiger charge is 2.26. The molecule has 2 unspecified atom stereocenters. The smallest absolute Gasteiger partial charge is 0.321 e. The standard InChI is InChI=1S/C18H25NO5/c1-4-8-24-14-7-5-6-13(10-14)11-16(18(22)23)19-15(17(20)21)9-12(2)3/h4-7,10,12,15-16,19H,1,8-9,11H2,2-3H3,(H,20,21)(H,22,23). The lowest BCUT2D eigenvalue weighted by atomic mass is 10.0. The number of ether oxygens (including phenoxy) is 1. The highest BCUT2D eigenvalue weighted by Crippen LogP contribution is 2.16. The minimum atomic E-state index is -1.08. The number of carboxylic acid groups (broad SMARTS) is 2. The second-order valence-electron chi connectivity index (χ2n) is 6.03. The van der Waals surface area contributed by atoms with Gasteiger partial charge in [0, 0.05) is 0 Å². The molecule has 0 aliphatic heterocycles. The van der Waals surface area contributed by atoms with Gasteiger partial charge in [-0.15, -0.1) is 0 Å². The van der Waals surface area contributed by atoms with Gasteiger partial charge in [0.15, 0.2) is 0 Å². The van der Waals surface area contributed by atoms with E-state index in [1.54, 1.807) is 30.3 Å². The van der Waals surface area contributed by atoms with Crippen molar-refractivity contribution in [3.63, 3.8) is 0 Å². The van der Waals surface area contributed by atoms with Crippen LogP contribution < -0.4 is 10.1 Å². The molecule has 2 atom stereocenters. The number of rotatable bonds is 11. The molecule has 0 radical (unpaired) electrons. The van der Waals surface area contributed by atoms with Gasteiger partial charge in [-0.05, 0) is 36.5 Å². The maximum atomic E-state index is 11.5. The zero-order chi connectivity index (χ0) is 18.1. The number of benzene rings is 1. The van der Waals surface area contributed by atoms with Gasteiger partial charge in [-0.2, -0.15) is 0 Å². The van der Waals surface area contributed by atoms with Gasteiger partial charge in [0.05, 0.1) is 0 Å². The van der Waals surface area contributed by atoms with Crippen LogP contribution >= 0.6 is 0 Å². The van der Waals surface area contributed by atoms with Gasteiger partial charge in [0.2, 0.25) is 0 Å². The van der Waals surface area contributed by atoms with Crippen molar-refractivity contribution in [1.82, 2.24) is 5.32 Å². The molecule has 132 valence electrons. The van der Waals surface area contributed by atoms with Crippen molar-refractivity contribution in [3.8, 4) is 5.75 Å². The molecule has 0 saturated carbocycles. The number of aliphatic carboxylic acids is 2. The molecule has 0 fully saturated rings. The van der Waals surface area contributed by atoms with Crippen LogP contribution in [0.2, 0.25) is 0 Å². The molecule has 0 aromatic heterocycles. The summed E-state index contributed by atoms with van der Waals surface area (Å²) in [6.45, 7) is 7.73. The maximum Gasteiger partial charge on any atom is 0.321 e. The molecular weight excluding hydrogens is 310 g/mol. The third-order valence-corrected chi connectivity index (χ3v) is 3.41. The average Bonchev–Trinajstić information content (AvgIpc) is 2.51. The minimum absolute atomic E-state index is 0.142. The van der Waals surface area contributed by atoms with Crippen LogP contribution in [0.3, 0.4) is 0 Å². The van der Waals surface area contributed by atoms with Gasteiger partial charge in [0.1, 0.15) is 24.4 Å². The van der Waals surface area contributed by atoms with Crippen molar-refractivity contribution < 1.29 is 24.5 Å². The Morgan fingerprint density at radius 1 is 1.25 bits per heavy atom. The van der Waals surface area contributed by atoms with Crippen molar-refractivity contribution in [1.29, 1.82) is 0 Å². The van der Waals surface area contributed by atoms with Crippen molar-refractivity contribution in [2.24, 2.45) is 5.92 Å². The summed E-state index contributed by atoms with van der Waals surface area (Å²) >= 11 is 0. The Bertz CT molecular complexity index is 570. The van der Waals surface area contributed by atoms with Gasteiger partial charge >= 0.3 is 11.9 Å². The van der Waals surface area contributed by atoms with E-state index < -0.39 is 24.0 Å². The van der Waals surface area contributed by atoms with E-state index in [4.69, 9.17) is 4.74 Å². The number of carboxylic acids is 2. The molecule has 6 heteroatoms. The van der Waals surface area contributed by atoms with Crippen LogP contribution in [0.4, 0.5) is 0 Å². The zero-order valence-corrected chi connectivity index (χ0v) is 14.1. The highest BCUT2D eigenvalue weighted by atomic mass is 16.5. The van der Waals surface area contributed by atoms with E-state index in [1.165, 1.54) is 0 Å². The van der Waals surface area contributed by atoms with Crippen molar-refractivity contribution in [2.45, 2.75) is 38.8 Å². The number of nitrogens with one attached hydrogen (secondary N) is 1. The van der Waals surface area contributed by atoms with Crippen molar-refractivity contribution in [3.05, 3.63) is 42.5 Å². The Labute approximate surface area is 142 Å². The molecule has 1 aromatic rings. The summed E-state index contributed by atoms with van der Waals surface area (Å²) in [6.07, 6.45) is 2.15. The summed E-state index contributed by atoms with van der Waals surface area (Å²) in [5, 5.41) is 21.4. The summed E-state index contributed by atoms with van der Waals surface area (Å²) in [5.41, 5.74) is 0.755. The quantitative estimate of drug-likeness (QED) is 0.537. The SMILES string of the molecule is C=CCOc1cccc(CC(NC(CC(C)C)C(=O)O)C(=O)O)c1. The topological polar surface area (TPSA) is 95.9 Å². The van der Waals surface area contributed by atoms with Gasteiger partial charge in [0.25, 0.3) is 0 Å². The first-order valence-electron chi connectivity index (χ1n) is 7.87. The molecular formula is C18H25NO5. The van der Waals surface area contributed by atoms with Crippen LogP contribution in [0.5, 0.6) is 5.75 Å². The molecule has 0 bridgehead atoms. The summed E-state index contributed by atoms with van der Waals surface area (Å²) in [5.74, 6) is -1.36. The van der Waals surface area contributed by atoms with Gasteiger partial charge < -0.3 is 14.9 Å². The predicted octanol–water partition coefficient (Wildman–Crippen LogP) is 2.34. The largest absolute Gasteiger partial charge is 0.490 e. The van der Waals surface area contributed by atoms with Gasteiger partial charge in [-0.3, -0.25) is 14.9 Å². The summed E-state index contributed by atoms with van der Waals surface area (Å²) in [4.78, 5) is 22.8. The van der Waals surface area contributed by atoms with Crippen molar-refractivity contribution >= 4 is 11.9 Å². The van der Waals surface area contributed by atoms with E-state index in [-0.39, 0.29) is 12.3 Å². The summed E-state index contributed by atoms with van der Waals surface area (Å²) in [7, 11) is 0. The van der Waals surface area contributed by atoms with Crippen LogP contribution in [0.15, 0.2) is 36.9 Å². The van der Waals surface area contributed by atoms with E-state index in [1.807, 2.05) is 13.8 Å². The number of carbonyl (C=O) groups is 2. The fourth-order valence-corrected chi connectivity index (χ4v) is 2.33. The van der Waals surface area contributed by atoms with Crippen LogP contribution in [-0.2, 0) is 16.0 Å². The number of hydrogen-bond donors (Lipinski definition) is 3. The van der Waals surface area contributed by atoms with Crippen molar-refractivity contribution in [2.75, 3.05) is 6.61 Å². The Kier molecular flexibility index (Phi) is 7.98. The average molecular weight is 335 g/mol. The van der Waals surface area contributed by atoms with E-state index >= 15 is 0 Å². The third kappa shape index (κ3) is 6.83.